The van der Waals surface area contributed by atoms with Gasteiger partial charge in [-0.2, -0.15) is 0 Å². The van der Waals surface area contributed by atoms with Gasteiger partial charge in [-0.3, -0.25) is 9.59 Å². The minimum absolute atomic E-state index is 0.0986. The van der Waals surface area contributed by atoms with Crippen molar-refractivity contribution in [3.8, 4) is 11.1 Å². The summed E-state index contributed by atoms with van der Waals surface area (Å²) in [5, 5.41) is 11.9. The van der Waals surface area contributed by atoms with Crippen molar-refractivity contribution < 1.29 is 24.2 Å². The molecule has 2 N–H and O–H groups in total. The van der Waals surface area contributed by atoms with Gasteiger partial charge in [0.25, 0.3) is 0 Å². The van der Waals surface area contributed by atoms with E-state index in [-0.39, 0.29) is 12.5 Å². The summed E-state index contributed by atoms with van der Waals surface area (Å²) in [4.78, 5) is 38.6. The molecule has 0 aromatic heterocycles. The van der Waals surface area contributed by atoms with Gasteiger partial charge in [-0.25, -0.2) is 4.79 Å². The number of allylic oxidation sites excluding steroid dienone is 1. The molecule has 0 saturated carbocycles. The quantitative estimate of drug-likeness (QED) is 0.530. The minimum Gasteiger partial charge on any atom is -0.480 e. The van der Waals surface area contributed by atoms with Crippen molar-refractivity contribution in [3.63, 3.8) is 0 Å². The molecule has 0 bridgehead atoms. The van der Waals surface area contributed by atoms with Crippen molar-refractivity contribution in [2.24, 2.45) is 0 Å². The first-order chi connectivity index (χ1) is 16.1. The van der Waals surface area contributed by atoms with Crippen LogP contribution in [0.2, 0.25) is 0 Å². The first-order valence-electron chi connectivity index (χ1n) is 11.4. The standard InChI is InChI=1S/C27H32N2O5/c1-5-6-15-23(25(32)29(16-24(30)31)27(2,3)4)28-26(33)34-17-22-20-13-9-7-11-18(20)19-12-8-10-14-21(19)22/h5,7-14,22-23H,1,6,15-17H2,2-4H3,(H,28,33)(H,30,31). The molecule has 2 amide bonds. The summed E-state index contributed by atoms with van der Waals surface area (Å²) in [5.74, 6) is -1.68. The van der Waals surface area contributed by atoms with Crippen LogP contribution in [0.4, 0.5) is 4.79 Å². The second-order valence-electron chi connectivity index (χ2n) is 9.38. The van der Waals surface area contributed by atoms with E-state index < -0.39 is 36.1 Å². The smallest absolute Gasteiger partial charge is 0.407 e. The third kappa shape index (κ3) is 5.65. The lowest BCUT2D eigenvalue weighted by Crippen LogP contribution is -2.56. The van der Waals surface area contributed by atoms with E-state index in [4.69, 9.17) is 4.74 Å². The van der Waals surface area contributed by atoms with Crippen molar-refractivity contribution in [2.75, 3.05) is 13.2 Å². The molecule has 1 atom stereocenters. The summed E-state index contributed by atoms with van der Waals surface area (Å²) in [7, 11) is 0. The van der Waals surface area contributed by atoms with Crippen LogP contribution in [0, 0.1) is 0 Å². The number of benzene rings is 2. The molecule has 34 heavy (non-hydrogen) atoms. The lowest BCUT2D eigenvalue weighted by atomic mass is 9.98. The molecule has 0 heterocycles. The van der Waals surface area contributed by atoms with Gasteiger partial charge in [0.05, 0.1) is 0 Å². The Bertz CT molecular complexity index is 1030. The maximum absolute atomic E-state index is 13.2. The second kappa shape index (κ2) is 10.5. The van der Waals surface area contributed by atoms with E-state index in [1.165, 1.54) is 4.90 Å². The maximum Gasteiger partial charge on any atom is 0.407 e. The third-order valence-electron chi connectivity index (χ3n) is 5.96. The largest absolute Gasteiger partial charge is 0.480 e. The van der Waals surface area contributed by atoms with Crippen LogP contribution in [0.3, 0.4) is 0 Å². The van der Waals surface area contributed by atoms with E-state index in [1.54, 1.807) is 26.8 Å². The Hall–Kier alpha value is -3.61. The Kier molecular flexibility index (Phi) is 7.76. The molecule has 7 nitrogen and oxygen atoms in total. The van der Waals surface area contributed by atoms with Gasteiger partial charge in [-0.15, -0.1) is 6.58 Å². The third-order valence-corrected chi connectivity index (χ3v) is 5.96. The van der Waals surface area contributed by atoms with Crippen molar-refractivity contribution in [3.05, 3.63) is 72.3 Å². The molecule has 2 aromatic carbocycles. The number of carboxylic acids is 1. The molecule has 0 radical (unpaired) electrons. The van der Waals surface area contributed by atoms with Gasteiger partial charge < -0.3 is 20.1 Å². The summed E-state index contributed by atoms with van der Waals surface area (Å²) in [6, 6.07) is 15.2. The Balaban J connectivity index is 1.72. The number of ether oxygens (including phenoxy) is 1. The number of hydrogen-bond acceptors (Lipinski definition) is 4. The second-order valence-corrected chi connectivity index (χ2v) is 9.38. The molecule has 7 heteroatoms. The highest BCUT2D eigenvalue weighted by molar-refractivity contribution is 5.88. The number of fused-ring (bicyclic) bond motifs is 3. The lowest BCUT2D eigenvalue weighted by Gasteiger charge is -2.37. The van der Waals surface area contributed by atoms with E-state index in [9.17, 15) is 19.5 Å². The molecule has 180 valence electrons. The van der Waals surface area contributed by atoms with Crippen LogP contribution in [0.15, 0.2) is 61.2 Å². The van der Waals surface area contributed by atoms with Gasteiger partial charge >= 0.3 is 12.1 Å². The van der Waals surface area contributed by atoms with Gasteiger partial charge in [0.1, 0.15) is 19.2 Å². The number of aliphatic carboxylic acids is 1. The van der Waals surface area contributed by atoms with Crippen LogP contribution in [0.1, 0.15) is 50.7 Å². The van der Waals surface area contributed by atoms with Crippen LogP contribution in [0.25, 0.3) is 11.1 Å². The van der Waals surface area contributed by atoms with E-state index in [0.29, 0.717) is 12.8 Å². The Morgan fingerprint density at radius 3 is 2.15 bits per heavy atom. The average molecular weight is 465 g/mol. The number of hydrogen-bond donors (Lipinski definition) is 2. The first-order valence-corrected chi connectivity index (χ1v) is 11.4. The van der Waals surface area contributed by atoms with Crippen molar-refractivity contribution in [1.82, 2.24) is 10.2 Å². The number of carbonyl (C=O) groups excluding carboxylic acids is 2. The lowest BCUT2D eigenvalue weighted by molar-refractivity contribution is -0.149. The Labute approximate surface area is 200 Å². The Morgan fingerprint density at radius 1 is 1.09 bits per heavy atom. The van der Waals surface area contributed by atoms with Gasteiger partial charge in [0.2, 0.25) is 5.91 Å². The molecule has 1 unspecified atom stereocenters. The molecule has 0 spiro atoms. The fourth-order valence-corrected chi connectivity index (χ4v) is 4.29. The predicted octanol–water partition coefficient (Wildman–Crippen LogP) is 4.57. The number of nitrogens with one attached hydrogen (secondary N) is 1. The summed E-state index contributed by atoms with van der Waals surface area (Å²) < 4.78 is 5.58. The summed E-state index contributed by atoms with van der Waals surface area (Å²) >= 11 is 0. The summed E-state index contributed by atoms with van der Waals surface area (Å²) in [6.45, 7) is 8.61. The monoisotopic (exact) mass is 464 g/mol. The maximum atomic E-state index is 13.2. The van der Waals surface area contributed by atoms with Crippen molar-refractivity contribution in [2.45, 2.75) is 51.1 Å². The highest BCUT2D eigenvalue weighted by Gasteiger charge is 2.34. The van der Waals surface area contributed by atoms with Crippen LogP contribution in [-0.2, 0) is 14.3 Å². The number of carboxylic acid groups (broad SMARTS) is 1. The van der Waals surface area contributed by atoms with Crippen LogP contribution in [-0.4, -0.2) is 52.7 Å². The molecule has 0 saturated heterocycles. The zero-order valence-electron chi connectivity index (χ0n) is 19.9. The van der Waals surface area contributed by atoms with E-state index in [2.05, 4.69) is 24.0 Å². The highest BCUT2D eigenvalue weighted by atomic mass is 16.5. The molecule has 2 aromatic rings. The number of nitrogens with zero attached hydrogens (tertiary/aromatic N) is 1. The molecular weight excluding hydrogens is 432 g/mol. The van der Waals surface area contributed by atoms with Gasteiger partial charge in [-0.1, -0.05) is 54.6 Å². The normalized spacial score (nSPS) is 13.4. The van der Waals surface area contributed by atoms with E-state index in [0.717, 1.165) is 22.3 Å². The fraction of sp³-hybridized carbons (Fsp3) is 0.370. The number of amides is 2. The Morgan fingerprint density at radius 2 is 1.65 bits per heavy atom. The van der Waals surface area contributed by atoms with E-state index in [1.807, 2.05) is 36.4 Å². The fourth-order valence-electron chi connectivity index (χ4n) is 4.29. The average Bonchev–Trinajstić information content (AvgIpc) is 3.11. The molecule has 3 rings (SSSR count). The highest BCUT2D eigenvalue weighted by Crippen LogP contribution is 2.44. The molecule has 1 aliphatic carbocycles. The van der Waals surface area contributed by atoms with E-state index >= 15 is 0 Å². The SMILES string of the molecule is C=CCCC(NC(=O)OCC1c2ccccc2-c2ccccc21)C(=O)N(CC(=O)O)C(C)(C)C. The zero-order chi connectivity index (χ0) is 24.9. The zero-order valence-corrected chi connectivity index (χ0v) is 19.9. The molecule has 1 aliphatic rings. The molecule has 0 aliphatic heterocycles. The number of rotatable bonds is 9. The molecule has 0 fully saturated rings. The minimum atomic E-state index is -1.12. The topological polar surface area (TPSA) is 95.9 Å². The summed E-state index contributed by atoms with van der Waals surface area (Å²) in [6.07, 6.45) is 1.70. The van der Waals surface area contributed by atoms with Gasteiger partial charge in [0, 0.05) is 11.5 Å². The van der Waals surface area contributed by atoms with Gasteiger partial charge in [0.15, 0.2) is 0 Å². The molecular formula is C27H32N2O5. The number of alkyl carbamates (subject to hydrolysis) is 1. The predicted molar refractivity (Wildman–Crippen MR) is 131 cm³/mol. The van der Waals surface area contributed by atoms with Crippen LogP contribution in [0.5, 0.6) is 0 Å². The van der Waals surface area contributed by atoms with Crippen molar-refractivity contribution in [1.29, 1.82) is 0 Å². The first kappa shape index (κ1) is 25.0. The van der Waals surface area contributed by atoms with Crippen LogP contribution < -0.4 is 5.32 Å². The van der Waals surface area contributed by atoms with Crippen molar-refractivity contribution >= 4 is 18.0 Å². The number of carbonyl (C=O) groups is 3. The summed E-state index contributed by atoms with van der Waals surface area (Å²) in [5.41, 5.74) is 3.71. The van der Waals surface area contributed by atoms with Crippen LogP contribution >= 0.6 is 0 Å². The van der Waals surface area contributed by atoms with Gasteiger partial charge in [-0.05, 0) is 55.9 Å².